The second kappa shape index (κ2) is 6.80. The van der Waals surface area contributed by atoms with Crippen LogP contribution >= 0.6 is 0 Å². The highest BCUT2D eigenvalue weighted by molar-refractivity contribution is 5.35. The van der Waals surface area contributed by atoms with Crippen LogP contribution in [-0.4, -0.2) is 5.11 Å². The van der Waals surface area contributed by atoms with Gasteiger partial charge in [-0.25, -0.2) is 0 Å². The van der Waals surface area contributed by atoms with E-state index in [1.807, 2.05) is 12.1 Å². The zero-order valence-corrected chi connectivity index (χ0v) is 13.5. The van der Waals surface area contributed by atoms with Crippen molar-refractivity contribution < 1.29 is 5.11 Å². The van der Waals surface area contributed by atoms with E-state index in [2.05, 4.69) is 52.0 Å². The summed E-state index contributed by atoms with van der Waals surface area (Å²) in [4.78, 5) is 0. The molecule has 2 rings (SSSR count). The topological polar surface area (TPSA) is 20.2 Å². The van der Waals surface area contributed by atoms with Gasteiger partial charge in [0.05, 0.1) is 0 Å². The Kier molecular flexibility index (Phi) is 5.06. The minimum atomic E-state index is 0.336. The fourth-order valence-electron chi connectivity index (χ4n) is 2.97. The van der Waals surface area contributed by atoms with Crippen LogP contribution in [0.5, 0.6) is 5.75 Å². The summed E-state index contributed by atoms with van der Waals surface area (Å²) in [6.45, 7) is 9.11. The number of phenols is 1. The molecule has 1 N–H and O–H groups in total. The van der Waals surface area contributed by atoms with Gasteiger partial charge in [0.15, 0.2) is 0 Å². The SMILES string of the molecule is CC(C)c1ccccc1C(Cc1ccc(O)cc1)C(C)C. The molecule has 0 radical (unpaired) electrons. The highest BCUT2D eigenvalue weighted by atomic mass is 16.3. The number of hydrogen-bond acceptors (Lipinski definition) is 1. The van der Waals surface area contributed by atoms with Gasteiger partial charge in [-0.3, -0.25) is 0 Å². The van der Waals surface area contributed by atoms with Crippen molar-refractivity contribution in [3.8, 4) is 5.75 Å². The van der Waals surface area contributed by atoms with Gasteiger partial charge >= 0.3 is 0 Å². The van der Waals surface area contributed by atoms with Crippen LogP contribution in [0.4, 0.5) is 0 Å². The Bertz CT molecular complexity index is 567. The van der Waals surface area contributed by atoms with E-state index >= 15 is 0 Å². The lowest BCUT2D eigenvalue weighted by Crippen LogP contribution is -2.13. The lowest BCUT2D eigenvalue weighted by molar-refractivity contribution is 0.473. The maximum atomic E-state index is 9.43. The molecule has 0 aliphatic carbocycles. The van der Waals surface area contributed by atoms with Crippen molar-refractivity contribution in [3.63, 3.8) is 0 Å². The predicted octanol–water partition coefficient (Wildman–Crippen LogP) is 5.50. The lowest BCUT2D eigenvalue weighted by Gasteiger charge is -2.25. The molecule has 0 aliphatic heterocycles. The molecule has 0 bridgehead atoms. The second-order valence-electron chi connectivity index (χ2n) is 6.50. The normalized spacial score (nSPS) is 12.9. The van der Waals surface area contributed by atoms with Gasteiger partial charge in [0, 0.05) is 0 Å². The highest BCUT2D eigenvalue weighted by Crippen LogP contribution is 2.34. The number of phenolic OH excluding ortho intramolecular Hbond substituents is 1. The number of benzene rings is 2. The molecule has 0 saturated heterocycles. The van der Waals surface area contributed by atoms with Crippen molar-refractivity contribution in [2.45, 2.75) is 46.0 Å². The van der Waals surface area contributed by atoms with E-state index in [4.69, 9.17) is 0 Å². The van der Waals surface area contributed by atoms with Crippen molar-refractivity contribution in [2.75, 3.05) is 0 Å². The Labute approximate surface area is 128 Å². The standard InChI is InChI=1S/C20H26O/c1-14(2)18-7-5-6-8-19(18)20(15(3)4)13-16-9-11-17(21)12-10-16/h5-12,14-15,20-21H,13H2,1-4H3. The molecule has 0 aliphatic rings. The Morgan fingerprint density at radius 3 is 1.90 bits per heavy atom. The minimum Gasteiger partial charge on any atom is -0.508 e. The van der Waals surface area contributed by atoms with Crippen molar-refractivity contribution >= 4 is 0 Å². The van der Waals surface area contributed by atoms with Crippen molar-refractivity contribution in [2.24, 2.45) is 5.92 Å². The molecule has 2 aromatic carbocycles. The van der Waals surface area contributed by atoms with Crippen LogP contribution in [-0.2, 0) is 6.42 Å². The van der Waals surface area contributed by atoms with Crippen LogP contribution in [0.25, 0.3) is 0 Å². The largest absolute Gasteiger partial charge is 0.508 e. The molecule has 1 atom stereocenters. The van der Waals surface area contributed by atoms with Gasteiger partial charge in [-0.2, -0.15) is 0 Å². The summed E-state index contributed by atoms with van der Waals surface area (Å²) >= 11 is 0. The van der Waals surface area contributed by atoms with Crippen LogP contribution in [0.1, 0.15) is 56.2 Å². The number of rotatable bonds is 5. The zero-order chi connectivity index (χ0) is 15.4. The number of hydrogen-bond donors (Lipinski definition) is 1. The van der Waals surface area contributed by atoms with Crippen molar-refractivity contribution in [3.05, 3.63) is 65.2 Å². The van der Waals surface area contributed by atoms with Gasteiger partial charge < -0.3 is 5.11 Å². The average Bonchev–Trinajstić information content (AvgIpc) is 2.46. The minimum absolute atomic E-state index is 0.336. The van der Waals surface area contributed by atoms with E-state index in [1.165, 1.54) is 16.7 Å². The van der Waals surface area contributed by atoms with Crippen LogP contribution < -0.4 is 0 Å². The molecule has 1 heteroatoms. The van der Waals surface area contributed by atoms with Crippen LogP contribution in [0.15, 0.2) is 48.5 Å². The second-order valence-corrected chi connectivity index (χ2v) is 6.50. The highest BCUT2D eigenvalue weighted by Gasteiger charge is 2.20. The molecule has 1 unspecified atom stereocenters. The van der Waals surface area contributed by atoms with E-state index in [0.717, 1.165) is 6.42 Å². The summed E-state index contributed by atoms with van der Waals surface area (Å²) in [6, 6.07) is 16.4. The summed E-state index contributed by atoms with van der Waals surface area (Å²) in [5, 5.41) is 9.43. The summed E-state index contributed by atoms with van der Waals surface area (Å²) in [5.41, 5.74) is 4.20. The quantitative estimate of drug-likeness (QED) is 0.768. The van der Waals surface area contributed by atoms with Crippen LogP contribution in [0.3, 0.4) is 0 Å². The first kappa shape index (κ1) is 15.6. The summed E-state index contributed by atoms with van der Waals surface area (Å²) in [7, 11) is 0. The monoisotopic (exact) mass is 282 g/mol. The molecule has 2 aromatic rings. The summed E-state index contributed by atoms with van der Waals surface area (Å²) in [5.74, 6) is 1.97. The van der Waals surface area contributed by atoms with E-state index in [0.29, 0.717) is 23.5 Å². The molecule has 0 spiro atoms. The predicted molar refractivity (Wildman–Crippen MR) is 89.9 cm³/mol. The van der Waals surface area contributed by atoms with Crippen LogP contribution in [0.2, 0.25) is 0 Å². The first-order valence-electron chi connectivity index (χ1n) is 7.85. The van der Waals surface area contributed by atoms with Gasteiger partial charge in [0.25, 0.3) is 0 Å². The molecule has 0 fully saturated rings. The Morgan fingerprint density at radius 2 is 1.38 bits per heavy atom. The van der Waals surface area contributed by atoms with Crippen molar-refractivity contribution in [1.29, 1.82) is 0 Å². The van der Waals surface area contributed by atoms with Gasteiger partial charge in [0.1, 0.15) is 5.75 Å². The lowest BCUT2D eigenvalue weighted by atomic mass is 9.79. The van der Waals surface area contributed by atoms with Gasteiger partial charge in [0.2, 0.25) is 0 Å². The smallest absolute Gasteiger partial charge is 0.115 e. The van der Waals surface area contributed by atoms with E-state index in [1.54, 1.807) is 12.1 Å². The molecule has 0 aromatic heterocycles. The van der Waals surface area contributed by atoms with Crippen molar-refractivity contribution in [1.82, 2.24) is 0 Å². The van der Waals surface area contributed by atoms with Gasteiger partial charge in [-0.05, 0) is 53.0 Å². The van der Waals surface area contributed by atoms with E-state index in [9.17, 15) is 5.11 Å². The maximum absolute atomic E-state index is 9.43. The third-order valence-electron chi connectivity index (χ3n) is 4.21. The Hall–Kier alpha value is -1.76. The number of aromatic hydroxyl groups is 1. The van der Waals surface area contributed by atoms with E-state index in [-0.39, 0.29) is 0 Å². The average molecular weight is 282 g/mol. The first-order chi connectivity index (χ1) is 9.99. The fraction of sp³-hybridized carbons (Fsp3) is 0.400. The van der Waals surface area contributed by atoms with Gasteiger partial charge in [-0.15, -0.1) is 0 Å². The molecular weight excluding hydrogens is 256 g/mol. The Morgan fingerprint density at radius 1 is 0.810 bits per heavy atom. The molecule has 112 valence electrons. The fourth-order valence-corrected chi connectivity index (χ4v) is 2.97. The Balaban J connectivity index is 2.33. The third-order valence-corrected chi connectivity index (χ3v) is 4.21. The first-order valence-corrected chi connectivity index (χ1v) is 7.85. The van der Waals surface area contributed by atoms with Crippen LogP contribution in [0, 0.1) is 5.92 Å². The molecule has 1 nitrogen and oxygen atoms in total. The summed E-state index contributed by atoms with van der Waals surface area (Å²) in [6.07, 6.45) is 1.02. The maximum Gasteiger partial charge on any atom is 0.115 e. The molecular formula is C20H26O. The summed E-state index contributed by atoms with van der Waals surface area (Å²) < 4.78 is 0. The zero-order valence-electron chi connectivity index (χ0n) is 13.5. The van der Waals surface area contributed by atoms with Gasteiger partial charge in [-0.1, -0.05) is 64.1 Å². The molecule has 0 amide bonds. The van der Waals surface area contributed by atoms with E-state index < -0.39 is 0 Å². The third kappa shape index (κ3) is 3.87. The molecule has 0 heterocycles. The molecule has 21 heavy (non-hydrogen) atoms. The molecule has 0 saturated carbocycles.